The molecule has 0 saturated carbocycles. The summed E-state index contributed by atoms with van der Waals surface area (Å²) in [5, 5.41) is 7.54. The van der Waals surface area contributed by atoms with Gasteiger partial charge in [0.05, 0.1) is 6.20 Å². The molecule has 3 aromatic rings. The lowest BCUT2D eigenvalue weighted by Crippen LogP contribution is -2.39. The van der Waals surface area contributed by atoms with Gasteiger partial charge in [0.25, 0.3) is 0 Å². The number of halogens is 2. The summed E-state index contributed by atoms with van der Waals surface area (Å²) < 4.78 is 43.1. The minimum absolute atomic E-state index is 0. The molecule has 1 aromatic heterocycles. The van der Waals surface area contributed by atoms with Crippen LogP contribution in [0.5, 0.6) is 0 Å². The van der Waals surface area contributed by atoms with E-state index in [2.05, 4.69) is 34.2 Å². The van der Waals surface area contributed by atoms with Crippen LogP contribution in [0.1, 0.15) is 41.5 Å². The maximum atomic E-state index is 13.8. The Morgan fingerprint density at radius 1 is 1.18 bits per heavy atom. The van der Waals surface area contributed by atoms with Gasteiger partial charge in [-0.25, -0.2) is 17.5 Å². The van der Waals surface area contributed by atoms with Gasteiger partial charge in [0.15, 0.2) is 0 Å². The quantitative estimate of drug-likeness (QED) is 0.502. The van der Waals surface area contributed by atoms with E-state index in [1.807, 2.05) is 12.1 Å². The number of aromatic nitrogens is 2. The van der Waals surface area contributed by atoms with Crippen LogP contribution in [0.15, 0.2) is 59.8 Å². The highest BCUT2D eigenvalue weighted by atomic mass is 35.5. The molecular weight excluding hydrogens is 463 g/mol. The number of nitrogens with one attached hydrogen (secondary N) is 2. The summed E-state index contributed by atoms with van der Waals surface area (Å²) in [4.78, 5) is 0.147. The van der Waals surface area contributed by atoms with Crippen LogP contribution < -0.4 is 10.0 Å². The van der Waals surface area contributed by atoms with Crippen LogP contribution in [0.3, 0.4) is 0 Å². The molecule has 1 aliphatic rings. The molecule has 2 N–H and O–H groups in total. The lowest BCUT2D eigenvalue weighted by atomic mass is 9.75. The van der Waals surface area contributed by atoms with E-state index in [9.17, 15) is 12.8 Å². The van der Waals surface area contributed by atoms with Crippen LogP contribution in [0.4, 0.5) is 4.39 Å². The summed E-state index contributed by atoms with van der Waals surface area (Å²) in [6.07, 6.45) is 5.53. The van der Waals surface area contributed by atoms with Gasteiger partial charge in [-0.3, -0.25) is 4.68 Å². The van der Waals surface area contributed by atoms with Crippen molar-refractivity contribution < 1.29 is 12.8 Å². The zero-order valence-electron chi connectivity index (χ0n) is 18.8. The Morgan fingerprint density at radius 3 is 2.70 bits per heavy atom. The number of likely N-dealkylation sites (N-methyl/N-ethyl adjacent to an activating group) is 1. The average molecular weight is 493 g/mol. The Hall–Kier alpha value is -2.26. The summed E-state index contributed by atoms with van der Waals surface area (Å²) in [5.41, 5.74) is 4.36. The second-order valence-corrected chi connectivity index (χ2v) is 10.1. The maximum Gasteiger partial charge on any atom is 0.243 e. The lowest BCUT2D eigenvalue weighted by Gasteiger charge is -2.35. The zero-order chi connectivity index (χ0) is 22.7. The topological polar surface area (TPSA) is 76.0 Å². The van der Waals surface area contributed by atoms with Crippen LogP contribution in [0.25, 0.3) is 0 Å². The molecule has 0 fully saturated rings. The van der Waals surface area contributed by atoms with Gasteiger partial charge in [-0.05, 0) is 60.2 Å². The Labute approximate surface area is 201 Å². The van der Waals surface area contributed by atoms with Crippen molar-refractivity contribution in [2.24, 2.45) is 7.05 Å². The van der Waals surface area contributed by atoms with Gasteiger partial charge in [0.1, 0.15) is 10.7 Å². The molecule has 2 atom stereocenters. The van der Waals surface area contributed by atoms with Crippen LogP contribution in [-0.2, 0) is 36.5 Å². The molecule has 0 spiro atoms. The van der Waals surface area contributed by atoms with E-state index in [-0.39, 0.29) is 41.6 Å². The largest absolute Gasteiger partial charge is 0.314 e. The number of hydrogen-bond acceptors (Lipinski definition) is 4. The van der Waals surface area contributed by atoms with Crippen molar-refractivity contribution in [1.29, 1.82) is 0 Å². The van der Waals surface area contributed by atoms with Crippen molar-refractivity contribution >= 4 is 22.4 Å². The van der Waals surface area contributed by atoms with E-state index in [1.165, 1.54) is 34.3 Å². The van der Waals surface area contributed by atoms with Crippen LogP contribution in [0.2, 0.25) is 0 Å². The molecule has 4 rings (SSSR count). The average Bonchev–Trinajstić information content (AvgIpc) is 3.21. The number of aryl methyl sites for hydroxylation is 2. The second-order valence-electron chi connectivity index (χ2n) is 8.35. The highest BCUT2D eigenvalue weighted by molar-refractivity contribution is 7.89. The van der Waals surface area contributed by atoms with Crippen molar-refractivity contribution in [2.45, 2.75) is 49.6 Å². The number of hydrogen-bond donors (Lipinski definition) is 2. The lowest BCUT2D eigenvalue weighted by molar-refractivity contribution is 0.391. The molecule has 0 amide bonds. The molecule has 178 valence electrons. The molecule has 6 nitrogen and oxygen atoms in total. The van der Waals surface area contributed by atoms with Crippen molar-refractivity contribution in [1.82, 2.24) is 19.8 Å². The number of fused-ring (bicyclic) bond motifs is 1. The number of benzene rings is 2. The highest BCUT2D eigenvalue weighted by Gasteiger charge is 2.29. The third kappa shape index (κ3) is 6.00. The van der Waals surface area contributed by atoms with Gasteiger partial charge < -0.3 is 5.32 Å². The van der Waals surface area contributed by atoms with E-state index >= 15 is 0 Å². The first kappa shape index (κ1) is 25.4. The Morgan fingerprint density at radius 2 is 2.00 bits per heavy atom. The van der Waals surface area contributed by atoms with E-state index in [0.29, 0.717) is 0 Å². The fourth-order valence-electron chi connectivity index (χ4n) is 4.53. The number of sulfonamides is 1. The maximum absolute atomic E-state index is 13.8. The molecule has 0 bridgehead atoms. The summed E-state index contributed by atoms with van der Waals surface area (Å²) in [6, 6.07) is 13.3. The second kappa shape index (κ2) is 10.8. The van der Waals surface area contributed by atoms with E-state index in [4.69, 9.17) is 0 Å². The zero-order valence-corrected chi connectivity index (χ0v) is 20.4. The van der Waals surface area contributed by atoms with Gasteiger partial charge in [0, 0.05) is 31.7 Å². The van der Waals surface area contributed by atoms with Gasteiger partial charge in [0.2, 0.25) is 10.0 Å². The highest BCUT2D eigenvalue weighted by Crippen LogP contribution is 2.35. The fourth-order valence-corrected chi connectivity index (χ4v) is 5.53. The molecular formula is C24H30ClFN4O2S. The van der Waals surface area contributed by atoms with Crippen LogP contribution in [-0.4, -0.2) is 30.8 Å². The van der Waals surface area contributed by atoms with Crippen molar-refractivity contribution in [3.63, 3.8) is 0 Å². The smallest absolute Gasteiger partial charge is 0.243 e. The summed E-state index contributed by atoms with van der Waals surface area (Å²) in [5.74, 6) is -0.0347. The van der Waals surface area contributed by atoms with Crippen molar-refractivity contribution in [3.8, 4) is 0 Å². The first-order valence-corrected chi connectivity index (χ1v) is 12.4. The molecule has 0 saturated heterocycles. The molecule has 2 aromatic carbocycles. The van der Waals surface area contributed by atoms with Gasteiger partial charge in [-0.15, -0.1) is 12.4 Å². The first-order chi connectivity index (χ1) is 15.4. The van der Waals surface area contributed by atoms with E-state index < -0.39 is 10.0 Å². The van der Waals surface area contributed by atoms with Gasteiger partial charge in [-0.2, -0.15) is 5.10 Å². The molecule has 1 heterocycles. The molecule has 0 radical (unpaired) electrons. The normalized spacial score (nSPS) is 17.9. The molecule has 0 aliphatic heterocycles. The van der Waals surface area contributed by atoms with E-state index in [0.717, 1.165) is 36.9 Å². The number of nitrogens with zero attached hydrogens (tertiary/aromatic N) is 2. The Kier molecular flexibility index (Phi) is 8.28. The molecule has 2 unspecified atom stereocenters. The molecule has 9 heteroatoms. The van der Waals surface area contributed by atoms with E-state index in [1.54, 1.807) is 19.2 Å². The summed E-state index contributed by atoms with van der Waals surface area (Å²) >= 11 is 0. The Bertz CT molecular complexity index is 1200. The van der Waals surface area contributed by atoms with Crippen molar-refractivity contribution in [3.05, 3.63) is 82.9 Å². The van der Waals surface area contributed by atoms with Crippen LogP contribution >= 0.6 is 12.4 Å². The predicted molar refractivity (Wildman–Crippen MR) is 130 cm³/mol. The number of rotatable bonds is 8. The Balaban J connectivity index is 0.00000306. The molecule has 1 aliphatic carbocycles. The summed E-state index contributed by atoms with van der Waals surface area (Å²) in [7, 11) is -1.95. The SMILES string of the molecule is CCNC1CCc2ccc(CNS(=O)(=O)c3cnn(C)c3)cc2C1Cc1cccc(F)c1.Cl. The minimum Gasteiger partial charge on any atom is -0.314 e. The first-order valence-electron chi connectivity index (χ1n) is 10.9. The standard InChI is InChI=1S/C24H29FN4O2S.ClH/c1-3-26-24-10-9-19-8-7-18(14-28-32(30,31)21-15-27-29(2)16-21)13-22(19)23(24)12-17-5-4-6-20(25)11-17;/h4-8,11,13,15-16,23-24,26,28H,3,9-10,12,14H2,1-2H3;1H. The van der Waals surface area contributed by atoms with Crippen LogP contribution in [0, 0.1) is 5.82 Å². The third-order valence-corrected chi connectivity index (χ3v) is 7.44. The van der Waals surface area contributed by atoms with Gasteiger partial charge in [-0.1, -0.05) is 37.3 Å². The summed E-state index contributed by atoms with van der Waals surface area (Å²) in [6.45, 7) is 3.16. The van der Waals surface area contributed by atoms with Crippen molar-refractivity contribution in [2.75, 3.05) is 6.54 Å². The fraction of sp³-hybridized carbons (Fsp3) is 0.375. The third-order valence-electron chi connectivity index (χ3n) is 6.09. The molecule has 33 heavy (non-hydrogen) atoms. The van der Waals surface area contributed by atoms with Gasteiger partial charge >= 0.3 is 0 Å². The monoisotopic (exact) mass is 492 g/mol. The predicted octanol–water partition coefficient (Wildman–Crippen LogP) is 3.71. The minimum atomic E-state index is -3.63.